The fraction of sp³-hybridized carbons (Fsp3) is 0.692. The molecular weight excluding hydrogens is 246 g/mol. The monoisotopic (exact) mass is 265 g/mol. The van der Waals surface area contributed by atoms with Gasteiger partial charge < -0.3 is 10.6 Å². The lowest BCUT2D eigenvalue weighted by Gasteiger charge is -2.19. The van der Waals surface area contributed by atoms with Crippen molar-refractivity contribution in [1.29, 1.82) is 0 Å². The molecule has 0 bridgehead atoms. The number of amides is 2. The van der Waals surface area contributed by atoms with E-state index in [0.29, 0.717) is 17.9 Å². The molecule has 98 valence electrons. The second kappa shape index (κ2) is 4.88. The second-order valence-corrected chi connectivity index (χ2v) is 6.36. The summed E-state index contributed by atoms with van der Waals surface area (Å²) in [7, 11) is 0. The van der Waals surface area contributed by atoms with Crippen molar-refractivity contribution in [2.45, 2.75) is 44.7 Å². The molecular formula is C13H19N3OS. The molecule has 0 radical (unpaired) electrons. The van der Waals surface area contributed by atoms with Crippen LogP contribution in [0.5, 0.6) is 0 Å². The molecule has 2 amide bonds. The van der Waals surface area contributed by atoms with Gasteiger partial charge in [-0.25, -0.2) is 9.78 Å². The largest absolute Gasteiger partial charge is 0.335 e. The lowest BCUT2D eigenvalue weighted by molar-refractivity contribution is 0.231. The third kappa shape index (κ3) is 2.83. The van der Waals surface area contributed by atoms with Crippen molar-refractivity contribution in [3.05, 3.63) is 16.6 Å². The summed E-state index contributed by atoms with van der Waals surface area (Å²) < 4.78 is 0. The molecule has 0 aliphatic heterocycles. The molecule has 5 heteroatoms. The molecule has 2 aliphatic carbocycles. The van der Waals surface area contributed by atoms with Crippen LogP contribution in [0.3, 0.4) is 0 Å². The van der Waals surface area contributed by atoms with E-state index in [2.05, 4.69) is 22.5 Å². The third-order valence-electron chi connectivity index (χ3n) is 3.79. The highest BCUT2D eigenvalue weighted by Crippen LogP contribution is 2.41. The van der Waals surface area contributed by atoms with Crippen molar-refractivity contribution in [3.63, 3.8) is 0 Å². The standard InChI is InChI=1S/C13H19N3OS/c1-8(9-2-3-9)15-13(17)16-11(10-4-5-10)12-14-6-7-18-12/h6-11H,2-5H2,1H3,(H2,15,16,17)/t8-,11+/m0/s1. The Hall–Kier alpha value is -1.10. The maximum absolute atomic E-state index is 12.0. The molecule has 2 atom stereocenters. The Morgan fingerprint density at radius 3 is 2.61 bits per heavy atom. The van der Waals surface area contributed by atoms with E-state index in [1.54, 1.807) is 11.3 Å². The summed E-state index contributed by atoms with van der Waals surface area (Å²) in [5.74, 6) is 1.27. The maximum atomic E-state index is 12.0. The van der Waals surface area contributed by atoms with Crippen LogP contribution in [0, 0.1) is 11.8 Å². The highest BCUT2D eigenvalue weighted by molar-refractivity contribution is 7.09. The number of hydrogen-bond donors (Lipinski definition) is 2. The molecule has 1 aromatic heterocycles. The van der Waals surface area contributed by atoms with Crippen LogP contribution in [0.2, 0.25) is 0 Å². The topological polar surface area (TPSA) is 54.0 Å². The molecule has 1 heterocycles. The van der Waals surface area contributed by atoms with Gasteiger partial charge in [-0.1, -0.05) is 0 Å². The molecule has 0 saturated heterocycles. The van der Waals surface area contributed by atoms with E-state index in [1.807, 2.05) is 11.6 Å². The van der Waals surface area contributed by atoms with E-state index in [0.717, 1.165) is 5.01 Å². The molecule has 0 unspecified atom stereocenters. The first kappa shape index (κ1) is 12.0. The van der Waals surface area contributed by atoms with E-state index < -0.39 is 0 Å². The van der Waals surface area contributed by atoms with Gasteiger partial charge in [0.2, 0.25) is 0 Å². The SMILES string of the molecule is C[C@H](NC(=O)N[C@@H](c1nccs1)C1CC1)C1CC1. The van der Waals surface area contributed by atoms with E-state index in [1.165, 1.54) is 25.7 Å². The molecule has 18 heavy (non-hydrogen) atoms. The minimum Gasteiger partial charge on any atom is -0.335 e. The van der Waals surface area contributed by atoms with Crippen LogP contribution < -0.4 is 10.6 Å². The summed E-state index contributed by atoms with van der Waals surface area (Å²) in [6, 6.07) is 0.360. The Balaban J connectivity index is 1.57. The summed E-state index contributed by atoms with van der Waals surface area (Å²) in [5, 5.41) is 9.14. The van der Waals surface area contributed by atoms with Crippen LogP contribution in [0.15, 0.2) is 11.6 Å². The molecule has 2 aliphatic rings. The second-order valence-electron chi connectivity index (χ2n) is 5.43. The number of thiazole rings is 1. The molecule has 2 N–H and O–H groups in total. The van der Waals surface area contributed by atoms with Gasteiger partial charge in [-0.2, -0.15) is 0 Å². The normalized spacial score (nSPS) is 22.3. The van der Waals surface area contributed by atoms with Crippen molar-refractivity contribution in [2.24, 2.45) is 11.8 Å². The lowest BCUT2D eigenvalue weighted by atomic mass is 10.2. The van der Waals surface area contributed by atoms with Crippen molar-refractivity contribution in [2.75, 3.05) is 0 Å². The van der Waals surface area contributed by atoms with E-state index in [9.17, 15) is 4.79 Å². The van der Waals surface area contributed by atoms with Crippen LogP contribution in [0.1, 0.15) is 43.7 Å². The number of urea groups is 1. The van der Waals surface area contributed by atoms with Gasteiger partial charge in [0.05, 0.1) is 6.04 Å². The summed E-state index contributed by atoms with van der Waals surface area (Å²) in [6.07, 6.45) is 6.70. The Bertz CT molecular complexity index is 412. The van der Waals surface area contributed by atoms with Gasteiger partial charge in [-0.15, -0.1) is 11.3 Å². The zero-order valence-corrected chi connectivity index (χ0v) is 11.4. The molecule has 0 aromatic carbocycles. The first-order chi connectivity index (χ1) is 8.74. The smallest absolute Gasteiger partial charge is 0.315 e. The number of aromatic nitrogens is 1. The van der Waals surface area contributed by atoms with Gasteiger partial charge >= 0.3 is 6.03 Å². The summed E-state index contributed by atoms with van der Waals surface area (Å²) in [4.78, 5) is 16.3. The molecule has 2 saturated carbocycles. The van der Waals surface area contributed by atoms with Gasteiger partial charge in [-0.3, -0.25) is 0 Å². The fourth-order valence-corrected chi connectivity index (χ4v) is 3.08. The average molecular weight is 265 g/mol. The van der Waals surface area contributed by atoms with Gasteiger partial charge in [0.15, 0.2) is 0 Å². The average Bonchev–Trinajstić information content (AvgIpc) is 3.24. The minimum absolute atomic E-state index is 0.0403. The summed E-state index contributed by atoms with van der Waals surface area (Å²) in [6.45, 7) is 2.09. The van der Waals surface area contributed by atoms with Crippen LogP contribution in [-0.4, -0.2) is 17.1 Å². The van der Waals surface area contributed by atoms with E-state index in [-0.39, 0.29) is 12.1 Å². The maximum Gasteiger partial charge on any atom is 0.315 e. The minimum atomic E-state index is -0.0403. The molecule has 0 spiro atoms. The zero-order chi connectivity index (χ0) is 12.5. The van der Waals surface area contributed by atoms with Crippen LogP contribution in [0.4, 0.5) is 4.79 Å². The van der Waals surface area contributed by atoms with Crippen molar-refractivity contribution in [3.8, 4) is 0 Å². The Morgan fingerprint density at radius 1 is 1.33 bits per heavy atom. The highest BCUT2D eigenvalue weighted by atomic mass is 32.1. The van der Waals surface area contributed by atoms with E-state index in [4.69, 9.17) is 0 Å². The Kier molecular flexibility index (Phi) is 3.24. The number of rotatable bonds is 5. The lowest BCUT2D eigenvalue weighted by Crippen LogP contribution is -2.43. The van der Waals surface area contributed by atoms with E-state index >= 15 is 0 Å². The van der Waals surface area contributed by atoms with Crippen LogP contribution in [-0.2, 0) is 0 Å². The molecule has 4 nitrogen and oxygen atoms in total. The zero-order valence-electron chi connectivity index (χ0n) is 10.6. The summed E-state index contributed by atoms with van der Waals surface area (Å²) in [5.41, 5.74) is 0. The molecule has 1 aromatic rings. The van der Waals surface area contributed by atoms with Crippen LogP contribution >= 0.6 is 11.3 Å². The number of hydrogen-bond acceptors (Lipinski definition) is 3. The first-order valence-electron chi connectivity index (χ1n) is 6.70. The van der Waals surface area contributed by atoms with Crippen molar-refractivity contribution in [1.82, 2.24) is 15.6 Å². The highest BCUT2D eigenvalue weighted by Gasteiger charge is 2.36. The quantitative estimate of drug-likeness (QED) is 0.860. The Labute approximate surface area is 111 Å². The Morgan fingerprint density at radius 2 is 2.06 bits per heavy atom. The van der Waals surface area contributed by atoms with Gasteiger partial charge in [0.25, 0.3) is 0 Å². The van der Waals surface area contributed by atoms with Crippen molar-refractivity contribution >= 4 is 17.4 Å². The molecule has 3 rings (SSSR count). The van der Waals surface area contributed by atoms with Gasteiger partial charge in [-0.05, 0) is 44.4 Å². The predicted octanol–water partition coefficient (Wildman–Crippen LogP) is 2.69. The summed E-state index contributed by atoms with van der Waals surface area (Å²) >= 11 is 1.63. The van der Waals surface area contributed by atoms with Gasteiger partial charge in [0, 0.05) is 17.6 Å². The number of carbonyl (C=O) groups excluding carboxylic acids is 1. The number of nitrogens with zero attached hydrogens (tertiary/aromatic N) is 1. The van der Waals surface area contributed by atoms with Crippen LogP contribution in [0.25, 0.3) is 0 Å². The fourth-order valence-electron chi connectivity index (χ4n) is 2.30. The predicted molar refractivity (Wildman–Crippen MR) is 71.4 cm³/mol. The van der Waals surface area contributed by atoms with Crippen molar-refractivity contribution < 1.29 is 4.79 Å². The third-order valence-corrected chi connectivity index (χ3v) is 4.64. The first-order valence-corrected chi connectivity index (χ1v) is 7.58. The number of carbonyl (C=O) groups is 1. The number of nitrogens with one attached hydrogen (secondary N) is 2. The molecule has 2 fully saturated rings. The van der Waals surface area contributed by atoms with Gasteiger partial charge in [0.1, 0.15) is 5.01 Å².